The molecule has 2 rings (SSSR count). The second-order valence-electron chi connectivity index (χ2n) is 5.90. The van der Waals surface area contributed by atoms with Crippen LogP contribution in [0.5, 0.6) is 11.5 Å². The zero-order chi connectivity index (χ0) is 15.7. The number of benzene rings is 2. The molecule has 0 spiro atoms. The van der Waals surface area contributed by atoms with Gasteiger partial charge in [-0.25, -0.2) is 13.6 Å². The van der Waals surface area contributed by atoms with Crippen LogP contribution in [-0.2, 0) is 15.4 Å². The molecule has 0 fully saturated rings. The third-order valence-corrected chi connectivity index (χ3v) is 4.02. The van der Waals surface area contributed by atoms with Crippen LogP contribution < -0.4 is 9.88 Å². The van der Waals surface area contributed by atoms with Crippen LogP contribution in [0.25, 0.3) is 0 Å². The smallest absolute Gasteiger partial charge is 0.238 e. The lowest BCUT2D eigenvalue weighted by Crippen LogP contribution is -2.11. The van der Waals surface area contributed by atoms with Gasteiger partial charge in [0, 0.05) is 0 Å². The molecule has 0 heterocycles. The van der Waals surface area contributed by atoms with Crippen molar-refractivity contribution in [3.8, 4) is 11.5 Å². The average molecular weight is 305 g/mol. The molecule has 2 aromatic rings. The molecule has 4 nitrogen and oxygen atoms in total. The van der Waals surface area contributed by atoms with Crippen molar-refractivity contribution in [1.82, 2.24) is 0 Å². The predicted octanol–water partition coefficient (Wildman–Crippen LogP) is 3.42. The highest BCUT2D eigenvalue weighted by Gasteiger charge is 2.14. The maximum absolute atomic E-state index is 11.2. The number of nitrogens with two attached hydrogens (primary N) is 1. The second kappa shape index (κ2) is 5.50. The van der Waals surface area contributed by atoms with Crippen molar-refractivity contribution in [1.29, 1.82) is 0 Å². The normalized spacial score (nSPS) is 12.2. The number of rotatable bonds is 3. The Hall–Kier alpha value is -1.85. The Bertz CT molecular complexity index is 729. The molecule has 0 atom stereocenters. The summed E-state index contributed by atoms with van der Waals surface area (Å²) in [5, 5.41) is 5.06. The molecule has 0 aliphatic heterocycles. The van der Waals surface area contributed by atoms with E-state index < -0.39 is 10.0 Å². The highest BCUT2D eigenvalue weighted by atomic mass is 32.2. The van der Waals surface area contributed by atoms with E-state index in [2.05, 4.69) is 26.8 Å². The molecule has 2 aromatic carbocycles. The molecule has 0 unspecified atom stereocenters. The average Bonchev–Trinajstić information content (AvgIpc) is 2.37. The summed E-state index contributed by atoms with van der Waals surface area (Å²) in [6, 6.07) is 13.9. The second-order valence-corrected chi connectivity index (χ2v) is 7.46. The summed E-state index contributed by atoms with van der Waals surface area (Å²) in [6.45, 7) is 6.40. The third kappa shape index (κ3) is 4.06. The lowest BCUT2D eigenvalue weighted by atomic mass is 9.87. The van der Waals surface area contributed by atoms with Gasteiger partial charge in [-0.2, -0.15) is 0 Å². The lowest BCUT2D eigenvalue weighted by Gasteiger charge is -2.19. The first-order chi connectivity index (χ1) is 9.66. The Morgan fingerprint density at radius 3 is 2.10 bits per heavy atom. The van der Waals surface area contributed by atoms with Crippen molar-refractivity contribution >= 4 is 10.0 Å². The molecule has 0 radical (unpaired) electrons. The molecule has 21 heavy (non-hydrogen) atoms. The molecular formula is C16H19NO3S. The van der Waals surface area contributed by atoms with Crippen molar-refractivity contribution in [3.63, 3.8) is 0 Å². The monoisotopic (exact) mass is 305 g/mol. The fourth-order valence-corrected chi connectivity index (χ4v) is 2.37. The Labute approximate surface area is 125 Å². The highest BCUT2D eigenvalue weighted by molar-refractivity contribution is 7.89. The zero-order valence-electron chi connectivity index (χ0n) is 12.3. The quantitative estimate of drug-likeness (QED) is 0.944. The Morgan fingerprint density at radius 1 is 0.952 bits per heavy atom. The molecule has 0 saturated heterocycles. The molecule has 112 valence electrons. The third-order valence-electron chi connectivity index (χ3n) is 3.09. The summed E-state index contributed by atoms with van der Waals surface area (Å²) in [5.41, 5.74) is 1.21. The Balaban J connectivity index is 2.23. The van der Waals surface area contributed by atoms with Gasteiger partial charge in [-0.1, -0.05) is 32.9 Å². The Kier molecular flexibility index (Phi) is 4.07. The van der Waals surface area contributed by atoms with Crippen molar-refractivity contribution in [3.05, 3.63) is 54.1 Å². The Morgan fingerprint density at radius 2 is 1.57 bits per heavy atom. The van der Waals surface area contributed by atoms with Gasteiger partial charge in [-0.3, -0.25) is 0 Å². The van der Waals surface area contributed by atoms with Gasteiger partial charge < -0.3 is 4.74 Å². The van der Waals surface area contributed by atoms with Crippen molar-refractivity contribution in [2.75, 3.05) is 0 Å². The number of primary sulfonamides is 1. The van der Waals surface area contributed by atoms with E-state index in [0.29, 0.717) is 11.5 Å². The van der Waals surface area contributed by atoms with Gasteiger partial charge >= 0.3 is 0 Å². The van der Waals surface area contributed by atoms with Gasteiger partial charge in [0.25, 0.3) is 0 Å². The number of sulfonamides is 1. The van der Waals surface area contributed by atoms with Crippen LogP contribution in [0.3, 0.4) is 0 Å². The maximum atomic E-state index is 11.2. The summed E-state index contributed by atoms with van der Waals surface area (Å²) in [7, 11) is -3.67. The van der Waals surface area contributed by atoms with E-state index in [-0.39, 0.29) is 10.3 Å². The highest BCUT2D eigenvalue weighted by Crippen LogP contribution is 2.28. The largest absolute Gasteiger partial charge is 0.457 e. The number of hydrogen-bond acceptors (Lipinski definition) is 3. The minimum atomic E-state index is -3.67. The molecule has 0 amide bonds. The molecule has 0 aromatic heterocycles. The van der Waals surface area contributed by atoms with E-state index in [1.165, 1.54) is 17.7 Å². The van der Waals surface area contributed by atoms with Crippen molar-refractivity contribution < 1.29 is 13.2 Å². The molecule has 0 saturated carbocycles. The minimum Gasteiger partial charge on any atom is -0.457 e. The molecule has 0 aliphatic carbocycles. The summed E-state index contributed by atoms with van der Waals surface area (Å²) in [5.74, 6) is 1.28. The first-order valence-corrected chi connectivity index (χ1v) is 8.12. The molecule has 0 aliphatic rings. The van der Waals surface area contributed by atoms with Gasteiger partial charge in [0.1, 0.15) is 11.5 Å². The molecule has 5 heteroatoms. The van der Waals surface area contributed by atoms with Crippen LogP contribution in [0.4, 0.5) is 0 Å². The van der Waals surface area contributed by atoms with Gasteiger partial charge in [0.05, 0.1) is 4.90 Å². The van der Waals surface area contributed by atoms with Crippen LogP contribution in [-0.4, -0.2) is 8.42 Å². The number of ether oxygens (including phenoxy) is 1. The maximum Gasteiger partial charge on any atom is 0.238 e. The lowest BCUT2D eigenvalue weighted by molar-refractivity contribution is 0.478. The SMILES string of the molecule is CC(C)(C)c1cccc(Oc2ccc(S(N)(=O)=O)cc2)c1. The van der Waals surface area contributed by atoms with Gasteiger partial charge in [-0.05, 0) is 47.4 Å². The van der Waals surface area contributed by atoms with E-state index in [9.17, 15) is 8.42 Å². The van der Waals surface area contributed by atoms with Crippen LogP contribution in [0.1, 0.15) is 26.3 Å². The van der Waals surface area contributed by atoms with Crippen LogP contribution in [0.2, 0.25) is 0 Å². The van der Waals surface area contributed by atoms with E-state index >= 15 is 0 Å². The van der Waals surface area contributed by atoms with E-state index in [1.54, 1.807) is 12.1 Å². The standard InChI is InChI=1S/C16H19NO3S/c1-16(2,3)12-5-4-6-14(11-12)20-13-7-9-15(10-8-13)21(17,18)19/h4-11H,1-3H3,(H2,17,18,19). The van der Waals surface area contributed by atoms with Crippen LogP contribution >= 0.6 is 0 Å². The first-order valence-electron chi connectivity index (χ1n) is 6.57. The van der Waals surface area contributed by atoms with Gasteiger partial charge in [0.15, 0.2) is 0 Å². The summed E-state index contributed by atoms with van der Waals surface area (Å²) < 4.78 is 28.1. The van der Waals surface area contributed by atoms with E-state index in [0.717, 1.165) is 0 Å². The van der Waals surface area contributed by atoms with Crippen molar-refractivity contribution in [2.45, 2.75) is 31.1 Å². The fourth-order valence-electron chi connectivity index (χ4n) is 1.86. The summed E-state index contributed by atoms with van der Waals surface area (Å²) >= 11 is 0. The number of hydrogen-bond donors (Lipinski definition) is 1. The van der Waals surface area contributed by atoms with E-state index in [4.69, 9.17) is 9.88 Å². The molecule has 2 N–H and O–H groups in total. The molecular weight excluding hydrogens is 286 g/mol. The van der Waals surface area contributed by atoms with Crippen LogP contribution in [0.15, 0.2) is 53.4 Å². The van der Waals surface area contributed by atoms with E-state index in [1.807, 2.05) is 18.2 Å². The van der Waals surface area contributed by atoms with Gasteiger partial charge in [-0.15, -0.1) is 0 Å². The first kappa shape index (κ1) is 15.5. The summed E-state index contributed by atoms with van der Waals surface area (Å²) in [4.78, 5) is 0.0679. The topological polar surface area (TPSA) is 69.4 Å². The predicted molar refractivity (Wildman–Crippen MR) is 83.0 cm³/mol. The van der Waals surface area contributed by atoms with Crippen LogP contribution in [0, 0.1) is 0 Å². The molecule has 0 bridgehead atoms. The van der Waals surface area contributed by atoms with Crippen molar-refractivity contribution in [2.24, 2.45) is 5.14 Å². The summed E-state index contributed by atoms with van der Waals surface area (Å²) in [6.07, 6.45) is 0. The fraction of sp³-hybridized carbons (Fsp3) is 0.250. The van der Waals surface area contributed by atoms with Gasteiger partial charge in [0.2, 0.25) is 10.0 Å². The minimum absolute atomic E-state index is 0.0385. The zero-order valence-corrected chi connectivity index (χ0v) is 13.1.